The number of ether oxygens (including phenoxy) is 1. The van der Waals surface area contributed by atoms with Gasteiger partial charge in [0.15, 0.2) is 0 Å². The van der Waals surface area contributed by atoms with Crippen LogP contribution < -0.4 is 0 Å². The number of pyridine rings is 1. The van der Waals surface area contributed by atoms with E-state index in [-0.39, 0.29) is 23.7 Å². The fourth-order valence-corrected chi connectivity index (χ4v) is 2.45. The molecule has 0 aliphatic heterocycles. The molecule has 1 unspecified atom stereocenters. The topological polar surface area (TPSA) is 59.5 Å². The first-order valence-corrected chi connectivity index (χ1v) is 7.78. The van der Waals surface area contributed by atoms with Crippen molar-refractivity contribution in [1.29, 1.82) is 0 Å². The zero-order valence-corrected chi connectivity index (χ0v) is 13.9. The van der Waals surface area contributed by atoms with Crippen LogP contribution in [0, 0.1) is 11.8 Å². The predicted octanol–water partition coefficient (Wildman–Crippen LogP) is 2.66. The summed E-state index contributed by atoms with van der Waals surface area (Å²) in [6.45, 7) is 6.62. The van der Waals surface area contributed by atoms with E-state index in [1.807, 2.05) is 26.0 Å². The van der Waals surface area contributed by atoms with Crippen molar-refractivity contribution in [2.75, 3.05) is 13.7 Å². The maximum Gasteiger partial charge on any atom is 0.310 e. The van der Waals surface area contributed by atoms with E-state index in [9.17, 15) is 9.59 Å². The van der Waals surface area contributed by atoms with Crippen LogP contribution in [0.3, 0.4) is 0 Å². The fraction of sp³-hybridized carbons (Fsp3) is 0.588. The number of hydrogen-bond acceptors (Lipinski definition) is 4. The van der Waals surface area contributed by atoms with Crippen molar-refractivity contribution in [3.05, 3.63) is 30.1 Å². The van der Waals surface area contributed by atoms with Gasteiger partial charge in [-0.25, -0.2) is 0 Å². The molecule has 1 heterocycles. The number of carbonyl (C=O) groups excluding carboxylic acids is 2. The minimum absolute atomic E-state index is 0.0125. The molecule has 0 saturated carbocycles. The number of aromatic nitrogens is 1. The maximum absolute atomic E-state index is 12.7. The Balaban J connectivity index is 2.89. The molecule has 1 rings (SSSR count). The number of hydrogen-bond donors (Lipinski definition) is 0. The summed E-state index contributed by atoms with van der Waals surface area (Å²) >= 11 is 0. The van der Waals surface area contributed by atoms with Gasteiger partial charge in [0.2, 0.25) is 5.91 Å². The smallest absolute Gasteiger partial charge is 0.310 e. The average Bonchev–Trinajstić information content (AvgIpc) is 2.55. The second kappa shape index (κ2) is 9.18. The molecule has 1 aromatic rings. The summed E-state index contributed by atoms with van der Waals surface area (Å²) in [4.78, 5) is 30.2. The van der Waals surface area contributed by atoms with Crippen LogP contribution in [0.4, 0.5) is 0 Å². The Kier molecular flexibility index (Phi) is 7.57. The third-order valence-corrected chi connectivity index (χ3v) is 3.84. The minimum atomic E-state index is -0.347. The third-order valence-electron chi connectivity index (χ3n) is 3.84. The van der Waals surface area contributed by atoms with E-state index >= 15 is 0 Å². The van der Waals surface area contributed by atoms with Crippen molar-refractivity contribution in [3.63, 3.8) is 0 Å². The van der Waals surface area contributed by atoms with E-state index in [4.69, 9.17) is 4.74 Å². The maximum atomic E-state index is 12.7. The van der Waals surface area contributed by atoms with Crippen LogP contribution in [0.2, 0.25) is 0 Å². The van der Waals surface area contributed by atoms with Crippen LogP contribution in [0.25, 0.3) is 0 Å². The van der Waals surface area contributed by atoms with E-state index in [0.717, 1.165) is 18.4 Å². The van der Waals surface area contributed by atoms with Crippen molar-refractivity contribution in [2.24, 2.45) is 11.8 Å². The summed E-state index contributed by atoms with van der Waals surface area (Å²) in [5.41, 5.74) is 0.957. The molecule has 1 atom stereocenters. The lowest BCUT2D eigenvalue weighted by atomic mass is 10.0. The van der Waals surface area contributed by atoms with Crippen molar-refractivity contribution in [1.82, 2.24) is 9.88 Å². The van der Waals surface area contributed by atoms with Gasteiger partial charge in [-0.1, -0.05) is 26.8 Å². The third kappa shape index (κ3) is 5.13. The Morgan fingerprint density at radius 3 is 2.50 bits per heavy atom. The lowest BCUT2D eigenvalue weighted by molar-refractivity contribution is -0.147. The average molecular weight is 306 g/mol. The molecule has 0 fully saturated rings. The first kappa shape index (κ1) is 18.1. The number of carbonyl (C=O) groups is 2. The molecule has 5 heteroatoms. The SMILES string of the molecule is CCC(CC)C(=O)N(Cc1cccnc1)CC(C)C(=O)OC. The summed E-state index contributed by atoms with van der Waals surface area (Å²) in [6.07, 6.45) is 5.04. The Hall–Kier alpha value is -1.91. The minimum Gasteiger partial charge on any atom is -0.469 e. The Morgan fingerprint density at radius 1 is 1.32 bits per heavy atom. The number of nitrogens with zero attached hydrogens (tertiary/aromatic N) is 2. The van der Waals surface area contributed by atoms with Crippen LogP contribution >= 0.6 is 0 Å². The summed E-state index contributed by atoms with van der Waals surface area (Å²) in [5, 5.41) is 0. The van der Waals surface area contributed by atoms with Crippen molar-refractivity contribution in [3.8, 4) is 0 Å². The van der Waals surface area contributed by atoms with E-state index in [2.05, 4.69) is 4.98 Å². The molecular weight excluding hydrogens is 280 g/mol. The highest BCUT2D eigenvalue weighted by Crippen LogP contribution is 2.16. The summed E-state index contributed by atoms with van der Waals surface area (Å²) in [5.74, 6) is -0.570. The Labute approximate surface area is 132 Å². The molecule has 0 spiro atoms. The zero-order valence-electron chi connectivity index (χ0n) is 13.9. The van der Waals surface area contributed by atoms with Gasteiger partial charge in [0.05, 0.1) is 13.0 Å². The monoisotopic (exact) mass is 306 g/mol. The first-order chi connectivity index (χ1) is 10.5. The van der Waals surface area contributed by atoms with Crippen LogP contribution in [0.5, 0.6) is 0 Å². The largest absolute Gasteiger partial charge is 0.469 e. The van der Waals surface area contributed by atoms with Gasteiger partial charge < -0.3 is 9.64 Å². The van der Waals surface area contributed by atoms with Gasteiger partial charge >= 0.3 is 5.97 Å². The highest BCUT2D eigenvalue weighted by Gasteiger charge is 2.25. The van der Waals surface area contributed by atoms with E-state index < -0.39 is 0 Å². The number of methoxy groups -OCH3 is 1. The molecule has 0 N–H and O–H groups in total. The standard InChI is InChI=1S/C17H26N2O3/c1-5-15(6-2)16(20)19(11-13(3)17(21)22-4)12-14-8-7-9-18-10-14/h7-10,13,15H,5-6,11-12H2,1-4H3. The van der Waals surface area contributed by atoms with Gasteiger partial charge in [-0.2, -0.15) is 0 Å². The molecule has 22 heavy (non-hydrogen) atoms. The highest BCUT2D eigenvalue weighted by molar-refractivity contribution is 5.80. The highest BCUT2D eigenvalue weighted by atomic mass is 16.5. The van der Waals surface area contributed by atoms with Crippen molar-refractivity contribution < 1.29 is 14.3 Å². The fourth-order valence-electron chi connectivity index (χ4n) is 2.45. The second-order valence-corrected chi connectivity index (χ2v) is 5.52. The van der Waals surface area contributed by atoms with Crippen molar-refractivity contribution >= 4 is 11.9 Å². The number of amides is 1. The molecule has 0 aliphatic rings. The number of rotatable bonds is 8. The van der Waals surface area contributed by atoms with Gasteiger partial charge in [-0.15, -0.1) is 0 Å². The van der Waals surface area contributed by atoms with Crippen LogP contribution in [-0.2, 0) is 20.9 Å². The lowest BCUT2D eigenvalue weighted by Crippen LogP contribution is -2.40. The normalized spacial score (nSPS) is 12.0. The van der Waals surface area contributed by atoms with Crippen LogP contribution in [0.1, 0.15) is 39.2 Å². The molecule has 0 radical (unpaired) electrons. The van der Waals surface area contributed by atoms with E-state index in [1.54, 1.807) is 24.2 Å². The summed E-state index contributed by atoms with van der Waals surface area (Å²) in [6, 6.07) is 3.78. The molecule has 0 saturated heterocycles. The Morgan fingerprint density at radius 2 is 2.00 bits per heavy atom. The van der Waals surface area contributed by atoms with E-state index in [0.29, 0.717) is 13.1 Å². The molecule has 1 amide bonds. The second-order valence-electron chi connectivity index (χ2n) is 5.52. The Bertz CT molecular complexity index is 472. The summed E-state index contributed by atoms with van der Waals surface area (Å²) in [7, 11) is 1.37. The molecule has 1 aromatic heterocycles. The van der Waals surface area contributed by atoms with Crippen LogP contribution in [-0.4, -0.2) is 35.4 Å². The predicted molar refractivity (Wildman–Crippen MR) is 84.9 cm³/mol. The van der Waals surface area contributed by atoms with Gasteiger partial charge in [-0.3, -0.25) is 14.6 Å². The van der Waals surface area contributed by atoms with Crippen LogP contribution in [0.15, 0.2) is 24.5 Å². The molecule has 122 valence electrons. The molecule has 0 aliphatic carbocycles. The quantitative estimate of drug-likeness (QED) is 0.693. The van der Waals surface area contributed by atoms with E-state index in [1.165, 1.54) is 7.11 Å². The van der Waals surface area contributed by atoms with Gasteiger partial charge in [0.1, 0.15) is 0 Å². The van der Waals surface area contributed by atoms with Crippen molar-refractivity contribution in [2.45, 2.75) is 40.2 Å². The first-order valence-electron chi connectivity index (χ1n) is 7.78. The molecule has 0 bridgehead atoms. The molecule has 0 aromatic carbocycles. The van der Waals surface area contributed by atoms with Gasteiger partial charge in [0, 0.05) is 31.4 Å². The number of esters is 1. The summed E-state index contributed by atoms with van der Waals surface area (Å²) < 4.78 is 4.77. The zero-order chi connectivity index (χ0) is 16.5. The van der Waals surface area contributed by atoms with Gasteiger partial charge in [-0.05, 0) is 24.5 Å². The molecule has 5 nitrogen and oxygen atoms in total. The lowest BCUT2D eigenvalue weighted by Gasteiger charge is -2.28. The van der Waals surface area contributed by atoms with Gasteiger partial charge in [0.25, 0.3) is 0 Å². The molecular formula is C17H26N2O3.